The number of rotatable bonds is 2. The van der Waals surface area contributed by atoms with E-state index < -0.39 is 0 Å². The van der Waals surface area contributed by atoms with Gasteiger partial charge in [0.15, 0.2) is 0 Å². The lowest BCUT2D eigenvalue weighted by Gasteiger charge is -2.06. The number of nitrogens with two attached hydrogens (primary N) is 1. The fourth-order valence-electron chi connectivity index (χ4n) is 1.67. The summed E-state index contributed by atoms with van der Waals surface area (Å²) in [6, 6.07) is 13.5. The average Bonchev–Trinajstić information content (AvgIpc) is 2.41. The van der Waals surface area contributed by atoms with Crippen molar-refractivity contribution in [2.45, 2.75) is 6.92 Å². The van der Waals surface area contributed by atoms with Crippen LogP contribution in [0.15, 0.2) is 48.8 Å². The van der Waals surface area contributed by atoms with E-state index in [0.29, 0.717) is 11.3 Å². The van der Waals surface area contributed by atoms with Gasteiger partial charge in [-0.1, -0.05) is 35.9 Å². The minimum atomic E-state index is 0.451. The summed E-state index contributed by atoms with van der Waals surface area (Å²) >= 11 is 0. The van der Waals surface area contributed by atoms with Crippen LogP contribution in [0.5, 0.6) is 0 Å². The van der Waals surface area contributed by atoms with E-state index in [1.807, 2.05) is 37.3 Å². The maximum Gasteiger partial charge on any atom is 0.102 e. The zero-order valence-electron chi connectivity index (χ0n) is 10.1. The highest BCUT2D eigenvalue weighted by molar-refractivity contribution is 5.95. The van der Waals surface area contributed by atoms with Crippen molar-refractivity contribution >= 4 is 11.3 Å². The normalized spacial score (nSPS) is 11.6. The average molecular weight is 235 g/mol. The largest absolute Gasteiger partial charge is 0.397 e. The third-order valence-corrected chi connectivity index (χ3v) is 2.69. The predicted octanol–water partition coefficient (Wildman–Crippen LogP) is 2.74. The number of allylic oxidation sites excluding steroid dienone is 1. The molecule has 88 valence electrons. The lowest BCUT2D eigenvalue weighted by atomic mass is 10.0. The molecule has 3 nitrogen and oxygen atoms in total. The van der Waals surface area contributed by atoms with Crippen molar-refractivity contribution in [1.29, 1.82) is 5.26 Å². The molecule has 0 aliphatic carbocycles. The molecule has 2 N–H and O–H groups in total. The number of nitrogens with zero attached hydrogens (tertiary/aromatic N) is 2. The second kappa shape index (κ2) is 5.15. The quantitative estimate of drug-likeness (QED) is 0.814. The number of nitriles is 1. The van der Waals surface area contributed by atoms with Crippen LogP contribution in [0.25, 0.3) is 11.3 Å². The molecule has 0 aliphatic rings. The number of hydrogen-bond donors (Lipinski definition) is 1. The van der Waals surface area contributed by atoms with E-state index in [0.717, 1.165) is 16.7 Å². The fourth-order valence-corrected chi connectivity index (χ4v) is 1.67. The van der Waals surface area contributed by atoms with Crippen LogP contribution in [-0.4, -0.2) is 4.98 Å². The summed E-state index contributed by atoms with van der Waals surface area (Å²) in [4.78, 5) is 4.00. The van der Waals surface area contributed by atoms with E-state index in [4.69, 9.17) is 5.73 Å². The van der Waals surface area contributed by atoms with Crippen LogP contribution in [0.2, 0.25) is 0 Å². The molecule has 0 bridgehead atoms. The standard InChI is InChI=1S/C15H13N3/c1-11-4-6-12(7-5-11)15(17)14(9-16)13-3-2-8-18-10-13/h2-8,10H,17H2,1H3/b15-14+. The fraction of sp³-hybridized carbons (Fsp3) is 0.0667. The summed E-state index contributed by atoms with van der Waals surface area (Å²) in [5.41, 5.74) is 9.73. The Balaban J connectivity index is 2.51. The smallest absolute Gasteiger partial charge is 0.102 e. The van der Waals surface area contributed by atoms with Gasteiger partial charge in [0, 0.05) is 18.0 Å². The van der Waals surface area contributed by atoms with Crippen molar-refractivity contribution in [1.82, 2.24) is 4.98 Å². The van der Waals surface area contributed by atoms with Gasteiger partial charge in [-0.15, -0.1) is 0 Å². The second-order valence-corrected chi connectivity index (χ2v) is 4.01. The van der Waals surface area contributed by atoms with E-state index in [2.05, 4.69) is 11.1 Å². The van der Waals surface area contributed by atoms with Crippen molar-refractivity contribution in [3.8, 4) is 6.07 Å². The van der Waals surface area contributed by atoms with Gasteiger partial charge in [-0.25, -0.2) is 0 Å². The third kappa shape index (κ3) is 2.38. The van der Waals surface area contributed by atoms with Crippen molar-refractivity contribution in [2.75, 3.05) is 0 Å². The van der Waals surface area contributed by atoms with Crippen LogP contribution in [-0.2, 0) is 0 Å². The first-order valence-corrected chi connectivity index (χ1v) is 5.59. The molecule has 0 radical (unpaired) electrons. The van der Waals surface area contributed by atoms with Crippen LogP contribution in [0.3, 0.4) is 0 Å². The SMILES string of the molecule is Cc1ccc(/C(N)=C(/C#N)c2cccnc2)cc1. The van der Waals surface area contributed by atoms with Gasteiger partial charge in [-0.2, -0.15) is 5.26 Å². The first-order chi connectivity index (χ1) is 8.72. The maximum atomic E-state index is 9.25. The van der Waals surface area contributed by atoms with Crippen LogP contribution in [0.1, 0.15) is 16.7 Å². The first-order valence-electron chi connectivity index (χ1n) is 5.59. The van der Waals surface area contributed by atoms with Crippen LogP contribution >= 0.6 is 0 Å². The number of aromatic nitrogens is 1. The Labute approximate surface area is 106 Å². The molecule has 2 aromatic rings. The molecule has 0 unspecified atom stereocenters. The van der Waals surface area contributed by atoms with E-state index >= 15 is 0 Å². The number of aryl methyl sites for hydroxylation is 1. The molecule has 1 aromatic carbocycles. The van der Waals surface area contributed by atoms with Crippen LogP contribution in [0, 0.1) is 18.3 Å². The predicted molar refractivity (Wildman–Crippen MR) is 72.0 cm³/mol. The molecule has 0 aliphatic heterocycles. The van der Waals surface area contributed by atoms with Crippen molar-refractivity contribution < 1.29 is 0 Å². The molecule has 3 heteroatoms. The molecular weight excluding hydrogens is 222 g/mol. The summed E-state index contributed by atoms with van der Waals surface area (Å²) in [5, 5.41) is 9.25. The zero-order valence-corrected chi connectivity index (χ0v) is 10.1. The van der Waals surface area contributed by atoms with Crippen molar-refractivity contribution in [3.63, 3.8) is 0 Å². The van der Waals surface area contributed by atoms with Crippen LogP contribution < -0.4 is 5.73 Å². The van der Waals surface area contributed by atoms with Gasteiger partial charge in [-0.05, 0) is 18.6 Å². The molecule has 0 spiro atoms. The molecule has 0 amide bonds. The Hall–Kier alpha value is -2.60. The van der Waals surface area contributed by atoms with Gasteiger partial charge >= 0.3 is 0 Å². The Morgan fingerprint density at radius 1 is 1.17 bits per heavy atom. The monoisotopic (exact) mass is 235 g/mol. The third-order valence-electron chi connectivity index (χ3n) is 2.69. The van der Waals surface area contributed by atoms with Gasteiger partial charge in [0.05, 0.1) is 11.3 Å². The first kappa shape index (κ1) is 11.9. The van der Waals surface area contributed by atoms with Gasteiger partial charge in [-0.3, -0.25) is 4.98 Å². The van der Waals surface area contributed by atoms with E-state index in [-0.39, 0.29) is 0 Å². The van der Waals surface area contributed by atoms with E-state index in [9.17, 15) is 5.26 Å². The molecule has 0 saturated carbocycles. The molecule has 18 heavy (non-hydrogen) atoms. The number of hydrogen-bond acceptors (Lipinski definition) is 3. The minimum absolute atomic E-state index is 0.451. The topological polar surface area (TPSA) is 62.7 Å². The Bertz CT molecular complexity index is 604. The number of pyridine rings is 1. The van der Waals surface area contributed by atoms with Crippen molar-refractivity contribution in [2.24, 2.45) is 5.73 Å². The molecule has 0 atom stereocenters. The van der Waals surface area contributed by atoms with E-state index in [1.165, 1.54) is 0 Å². The molecule has 0 saturated heterocycles. The van der Waals surface area contributed by atoms with Gasteiger partial charge in [0.2, 0.25) is 0 Å². The van der Waals surface area contributed by atoms with E-state index in [1.54, 1.807) is 18.5 Å². The minimum Gasteiger partial charge on any atom is -0.397 e. The van der Waals surface area contributed by atoms with Crippen LogP contribution in [0.4, 0.5) is 0 Å². The number of benzene rings is 1. The lowest BCUT2D eigenvalue weighted by molar-refractivity contribution is 1.31. The molecule has 1 aromatic heterocycles. The van der Waals surface area contributed by atoms with Gasteiger partial charge in [0.1, 0.15) is 6.07 Å². The highest BCUT2D eigenvalue weighted by Crippen LogP contribution is 2.21. The highest BCUT2D eigenvalue weighted by Gasteiger charge is 2.08. The lowest BCUT2D eigenvalue weighted by Crippen LogP contribution is -2.00. The van der Waals surface area contributed by atoms with Gasteiger partial charge < -0.3 is 5.73 Å². The Morgan fingerprint density at radius 3 is 2.44 bits per heavy atom. The molecule has 2 rings (SSSR count). The second-order valence-electron chi connectivity index (χ2n) is 4.01. The summed E-state index contributed by atoms with van der Waals surface area (Å²) in [5.74, 6) is 0. The summed E-state index contributed by atoms with van der Waals surface area (Å²) < 4.78 is 0. The molecule has 0 fully saturated rings. The zero-order chi connectivity index (χ0) is 13.0. The summed E-state index contributed by atoms with van der Waals surface area (Å²) in [6.07, 6.45) is 3.31. The van der Waals surface area contributed by atoms with Crippen molar-refractivity contribution in [3.05, 3.63) is 65.5 Å². The molecule has 1 heterocycles. The Morgan fingerprint density at radius 2 is 1.89 bits per heavy atom. The Kier molecular flexibility index (Phi) is 3.40. The van der Waals surface area contributed by atoms with Gasteiger partial charge in [0.25, 0.3) is 0 Å². The maximum absolute atomic E-state index is 9.25. The summed E-state index contributed by atoms with van der Waals surface area (Å²) in [7, 11) is 0. The summed E-state index contributed by atoms with van der Waals surface area (Å²) in [6.45, 7) is 2.01. The molecular formula is C15H13N3. The highest BCUT2D eigenvalue weighted by atomic mass is 14.6.